The lowest BCUT2D eigenvalue weighted by molar-refractivity contribution is -0.132. The summed E-state index contributed by atoms with van der Waals surface area (Å²) in [5.41, 5.74) is 5.55. The molecule has 36 heavy (non-hydrogen) atoms. The molecule has 5 nitrogen and oxygen atoms in total. The molecule has 0 aliphatic carbocycles. The van der Waals surface area contributed by atoms with Crippen LogP contribution in [0.2, 0.25) is 0 Å². The number of rotatable bonds is 4. The maximum Gasteiger partial charge on any atom is 0.300 e. The van der Waals surface area contributed by atoms with E-state index in [0.717, 1.165) is 22.3 Å². The zero-order valence-corrected chi connectivity index (χ0v) is 22.0. The molecule has 3 aromatic rings. The van der Waals surface area contributed by atoms with Crippen LogP contribution in [-0.4, -0.2) is 23.9 Å². The van der Waals surface area contributed by atoms with Crippen LogP contribution < -0.4 is 9.64 Å². The van der Waals surface area contributed by atoms with E-state index in [1.54, 1.807) is 13.2 Å². The Bertz CT molecular complexity index is 1390. The van der Waals surface area contributed by atoms with E-state index in [2.05, 4.69) is 20.8 Å². The zero-order chi connectivity index (χ0) is 26.4. The van der Waals surface area contributed by atoms with Crippen LogP contribution in [0.1, 0.15) is 60.2 Å². The van der Waals surface area contributed by atoms with Crippen LogP contribution in [0.5, 0.6) is 5.75 Å². The Morgan fingerprint density at radius 1 is 0.917 bits per heavy atom. The normalized spacial score (nSPS) is 17.5. The number of benzene rings is 3. The van der Waals surface area contributed by atoms with E-state index in [-0.39, 0.29) is 16.7 Å². The van der Waals surface area contributed by atoms with Crippen molar-refractivity contribution >= 4 is 23.1 Å². The van der Waals surface area contributed by atoms with Crippen molar-refractivity contribution in [2.75, 3.05) is 12.0 Å². The Hall–Kier alpha value is -3.86. The Labute approximate surface area is 213 Å². The highest BCUT2D eigenvalue weighted by Gasteiger charge is 2.47. The molecule has 1 heterocycles. The fourth-order valence-electron chi connectivity index (χ4n) is 4.69. The van der Waals surface area contributed by atoms with E-state index in [9.17, 15) is 14.7 Å². The summed E-state index contributed by atoms with van der Waals surface area (Å²) in [6.07, 6.45) is 0. The SMILES string of the molecule is COc1cccc(C2/C(=C(\O)c3cc(C(C)(C)C)ccc3C)C(=O)C(=O)N2c2cccc(C)c2C)c1. The van der Waals surface area contributed by atoms with E-state index in [1.165, 1.54) is 4.90 Å². The minimum atomic E-state index is -0.807. The van der Waals surface area contributed by atoms with Gasteiger partial charge in [-0.1, -0.05) is 57.2 Å². The molecule has 0 saturated carbocycles. The molecule has 0 aromatic heterocycles. The van der Waals surface area contributed by atoms with Gasteiger partial charge in [0.05, 0.1) is 18.7 Å². The molecular formula is C31H33NO4. The first-order valence-electron chi connectivity index (χ1n) is 12.1. The number of amides is 1. The molecule has 0 radical (unpaired) electrons. The second-order valence-electron chi connectivity index (χ2n) is 10.4. The predicted octanol–water partition coefficient (Wildman–Crippen LogP) is 6.54. The standard InChI is InChI=1S/C31H33NO4/c1-18-10-8-13-25(20(18)3)32-27(21-11-9-12-23(16-21)36-7)26(29(34)30(32)35)28(33)24-17-22(31(4,5)6)15-14-19(24)2/h8-17,27,33H,1-7H3/b28-26+. The highest BCUT2D eigenvalue weighted by Crippen LogP contribution is 2.44. The molecule has 5 heteroatoms. The summed E-state index contributed by atoms with van der Waals surface area (Å²) in [7, 11) is 1.57. The minimum Gasteiger partial charge on any atom is -0.507 e. The van der Waals surface area contributed by atoms with Crippen molar-refractivity contribution in [2.45, 2.75) is 53.0 Å². The quantitative estimate of drug-likeness (QED) is 0.260. The van der Waals surface area contributed by atoms with Crippen LogP contribution in [0.25, 0.3) is 5.76 Å². The number of Topliss-reactive ketones (excluding diaryl/α,β-unsaturated/α-hetero) is 1. The molecule has 1 aliphatic rings. The lowest BCUT2D eigenvalue weighted by Crippen LogP contribution is -2.30. The Balaban J connectivity index is 2.02. The van der Waals surface area contributed by atoms with Gasteiger partial charge in [0.2, 0.25) is 0 Å². The van der Waals surface area contributed by atoms with Gasteiger partial charge in [-0.15, -0.1) is 0 Å². The maximum absolute atomic E-state index is 13.6. The highest BCUT2D eigenvalue weighted by molar-refractivity contribution is 6.51. The number of aryl methyl sites for hydroxylation is 2. The fourth-order valence-corrected chi connectivity index (χ4v) is 4.69. The van der Waals surface area contributed by atoms with Crippen molar-refractivity contribution in [3.63, 3.8) is 0 Å². The van der Waals surface area contributed by atoms with Crippen molar-refractivity contribution in [1.29, 1.82) is 0 Å². The summed E-state index contributed by atoms with van der Waals surface area (Å²) in [4.78, 5) is 28.7. The number of ketones is 1. The molecule has 1 saturated heterocycles. The summed E-state index contributed by atoms with van der Waals surface area (Å²) >= 11 is 0. The maximum atomic E-state index is 13.6. The number of hydrogen-bond acceptors (Lipinski definition) is 4. The fraction of sp³-hybridized carbons (Fsp3) is 0.290. The molecule has 186 valence electrons. The van der Waals surface area contributed by atoms with E-state index >= 15 is 0 Å². The van der Waals surface area contributed by atoms with Gasteiger partial charge >= 0.3 is 0 Å². The highest BCUT2D eigenvalue weighted by atomic mass is 16.5. The summed E-state index contributed by atoms with van der Waals surface area (Å²) in [5, 5.41) is 11.7. The Morgan fingerprint density at radius 2 is 1.61 bits per heavy atom. The topological polar surface area (TPSA) is 66.8 Å². The van der Waals surface area contributed by atoms with Crippen LogP contribution in [-0.2, 0) is 15.0 Å². The summed E-state index contributed by atoms with van der Waals surface area (Å²) < 4.78 is 5.44. The molecule has 1 N–H and O–H groups in total. The van der Waals surface area contributed by atoms with Gasteiger partial charge in [0.25, 0.3) is 11.7 Å². The second kappa shape index (κ2) is 9.30. The van der Waals surface area contributed by atoms with Gasteiger partial charge < -0.3 is 9.84 Å². The van der Waals surface area contributed by atoms with Crippen LogP contribution in [0.4, 0.5) is 5.69 Å². The molecule has 1 fully saturated rings. The van der Waals surface area contributed by atoms with Crippen molar-refractivity contribution in [3.05, 3.63) is 99.6 Å². The zero-order valence-electron chi connectivity index (χ0n) is 22.0. The molecular weight excluding hydrogens is 450 g/mol. The van der Waals surface area contributed by atoms with Gasteiger partial charge in [0, 0.05) is 11.3 Å². The Morgan fingerprint density at radius 3 is 2.28 bits per heavy atom. The number of aliphatic hydroxyl groups is 1. The van der Waals surface area contributed by atoms with Crippen molar-refractivity contribution < 1.29 is 19.4 Å². The van der Waals surface area contributed by atoms with E-state index < -0.39 is 17.7 Å². The summed E-state index contributed by atoms with van der Waals surface area (Å²) in [6, 6.07) is 18.0. The summed E-state index contributed by atoms with van der Waals surface area (Å²) in [5.74, 6) is -0.938. The van der Waals surface area contributed by atoms with Gasteiger partial charge in [-0.3, -0.25) is 14.5 Å². The average molecular weight is 484 g/mol. The average Bonchev–Trinajstić information content (AvgIpc) is 3.10. The van der Waals surface area contributed by atoms with Crippen molar-refractivity contribution in [2.24, 2.45) is 0 Å². The number of carbonyl (C=O) groups is 2. The van der Waals surface area contributed by atoms with Gasteiger partial charge in [0.15, 0.2) is 0 Å². The number of ether oxygens (including phenoxy) is 1. The number of carbonyl (C=O) groups excluding carboxylic acids is 2. The van der Waals surface area contributed by atoms with E-state index in [0.29, 0.717) is 22.6 Å². The number of aliphatic hydroxyl groups excluding tert-OH is 1. The third-order valence-electron chi connectivity index (χ3n) is 7.05. The minimum absolute atomic E-state index is 0.0725. The number of methoxy groups -OCH3 is 1. The van der Waals surface area contributed by atoms with Gasteiger partial charge in [-0.2, -0.15) is 0 Å². The monoisotopic (exact) mass is 483 g/mol. The third-order valence-corrected chi connectivity index (χ3v) is 7.05. The van der Waals surface area contributed by atoms with Gasteiger partial charge in [0.1, 0.15) is 11.5 Å². The molecule has 1 aliphatic heterocycles. The van der Waals surface area contributed by atoms with Crippen LogP contribution >= 0.6 is 0 Å². The van der Waals surface area contributed by atoms with Gasteiger partial charge in [-0.25, -0.2) is 0 Å². The number of nitrogens with zero attached hydrogens (tertiary/aromatic N) is 1. The first kappa shape index (κ1) is 25.2. The molecule has 1 atom stereocenters. The molecule has 1 unspecified atom stereocenters. The lowest BCUT2D eigenvalue weighted by atomic mass is 9.84. The summed E-state index contributed by atoms with van der Waals surface area (Å²) in [6.45, 7) is 12.1. The molecule has 0 spiro atoms. The van der Waals surface area contributed by atoms with E-state index in [4.69, 9.17) is 4.74 Å². The van der Waals surface area contributed by atoms with Crippen LogP contribution in [0, 0.1) is 20.8 Å². The molecule has 4 rings (SSSR count). The first-order chi connectivity index (χ1) is 17.0. The van der Waals surface area contributed by atoms with Crippen molar-refractivity contribution in [3.8, 4) is 5.75 Å². The molecule has 3 aromatic carbocycles. The largest absolute Gasteiger partial charge is 0.507 e. The molecule has 1 amide bonds. The smallest absolute Gasteiger partial charge is 0.300 e. The third kappa shape index (κ3) is 4.30. The molecule has 0 bridgehead atoms. The Kier molecular flexibility index (Phi) is 6.52. The van der Waals surface area contributed by atoms with Gasteiger partial charge in [-0.05, 0) is 78.3 Å². The van der Waals surface area contributed by atoms with Crippen LogP contribution in [0.3, 0.4) is 0 Å². The lowest BCUT2D eigenvalue weighted by Gasteiger charge is -2.28. The number of anilines is 1. The second-order valence-corrected chi connectivity index (χ2v) is 10.4. The predicted molar refractivity (Wildman–Crippen MR) is 144 cm³/mol. The van der Waals surface area contributed by atoms with E-state index in [1.807, 2.05) is 75.4 Å². The van der Waals surface area contributed by atoms with Crippen molar-refractivity contribution in [1.82, 2.24) is 0 Å². The van der Waals surface area contributed by atoms with Crippen LogP contribution in [0.15, 0.2) is 66.2 Å². The first-order valence-corrected chi connectivity index (χ1v) is 12.1. The number of hydrogen-bond donors (Lipinski definition) is 1.